The number of aromatic amines is 1. The monoisotopic (exact) mass is 397 g/mol. The molecule has 3 rings (SSSR count). The second kappa shape index (κ2) is 8.03. The summed E-state index contributed by atoms with van der Waals surface area (Å²) < 4.78 is 11.1. The molecule has 0 aliphatic rings. The van der Waals surface area contributed by atoms with Gasteiger partial charge in [0, 0.05) is 11.8 Å². The zero-order chi connectivity index (χ0) is 21.2. The predicted molar refractivity (Wildman–Crippen MR) is 104 cm³/mol. The van der Waals surface area contributed by atoms with Crippen molar-refractivity contribution in [2.24, 2.45) is 0 Å². The quantitative estimate of drug-likeness (QED) is 0.538. The van der Waals surface area contributed by atoms with Crippen LogP contribution in [0.3, 0.4) is 0 Å². The van der Waals surface area contributed by atoms with Crippen LogP contribution in [0.25, 0.3) is 11.0 Å². The molecule has 9 heteroatoms. The smallest absolute Gasteiger partial charge is 0.318 e. The van der Waals surface area contributed by atoms with Crippen LogP contribution in [0.2, 0.25) is 0 Å². The van der Waals surface area contributed by atoms with Crippen molar-refractivity contribution < 1.29 is 19.7 Å². The van der Waals surface area contributed by atoms with Crippen molar-refractivity contribution in [3.05, 3.63) is 40.7 Å². The van der Waals surface area contributed by atoms with Crippen molar-refractivity contribution >= 4 is 11.0 Å². The minimum absolute atomic E-state index is 0.0134. The normalized spacial score (nSPS) is 11.7. The Balaban J connectivity index is 1.84. The third kappa shape index (κ3) is 4.62. The highest BCUT2D eigenvalue weighted by Gasteiger charge is 2.21. The maximum Gasteiger partial charge on any atom is 0.318 e. The van der Waals surface area contributed by atoms with Crippen LogP contribution < -0.4 is 9.47 Å². The Kier molecular flexibility index (Phi) is 5.68. The summed E-state index contributed by atoms with van der Waals surface area (Å²) in [7, 11) is 0. The summed E-state index contributed by atoms with van der Waals surface area (Å²) >= 11 is 0. The fraction of sp³-hybridized carbons (Fsp3) is 0.400. The molecular weight excluding hydrogens is 374 g/mol. The van der Waals surface area contributed by atoms with Crippen molar-refractivity contribution in [3.8, 4) is 17.8 Å². The molecule has 3 N–H and O–H groups in total. The lowest BCUT2D eigenvalue weighted by Gasteiger charge is -2.23. The van der Waals surface area contributed by atoms with Gasteiger partial charge in [-0.25, -0.2) is 4.98 Å². The van der Waals surface area contributed by atoms with E-state index in [0.717, 1.165) is 11.1 Å². The van der Waals surface area contributed by atoms with Crippen LogP contribution in [0.5, 0.6) is 11.8 Å². The number of hydrogen-bond acceptors (Lipinski definition) is 8. The minimum atomic E-state index is -1.60. The number of nitrogens with zero attached hydrogens (tertiary/aromatic N) is 4. The Labute approximate surface area is 167 Å². The van der Waals surface area contributed by atoms with Gasteiger partial charge in [0.1, 0.15) is 24.7 Å². The number of aryl methyl sites for hydroxylation is 1. The molecule has 0 unspecified atom stereocenters. The molecule has 0 amide bonds. The first-order chi connectivity index (χ1) is 13.7. The molecule has 2 aromatic heterocycles. The summed E-state index contributed by atoms with van der Waals surface area (Å²) in [6.07, 6.45) is -0.0638. The number of nitriles is 1. The molecular formula is C20H23N5O4. The second-order valence-electron chi connectivity index (χ2n) is 7.69. The molecule has 0 saturated carbocycles. The fourth-order valence-electron chi connectivity index (χ4n) is 2.82. The molecule has 3 aromatic rings. The summed E-state index contributed by atoms with van der Waals surface area (Å²) in [5.41, 5.74) is 3.28. The van der Waals surface area contributed by atoms with Gasteiger partial charge in [0.2, 0.25) is 0 Å². The lowest BCUT2D eigenvalue weighted by Crippen LogP contribution is -2.17. The largest absolute Gasteiger partial charge is 0.487 e. The molecule has 0 aliphatic carbocycles. The van der Waals surface area contributed by atoms with Gasteiger partial charge in [-0.2, -0.15) is 15.3 Å². The van der Waals surface area contributed by atoms with Crippen molar-refractivity contribution in [2.75, 3.05) is 6.61 Å². The number of nitrogens with one attached hydrogen (secondary N) is 1. The number of aromatic nitrogens is 4. The summed E-state index contributed by atoms with van der Waals surface area (Å²) in [4.78, 5) is 8.20. The molecule has 0 radical (unpaired) electrons. The number of ether oxygens (including phenoxy) is 2. The number of fused-ring (bicyclic) bond motifs is 1. The van der Waals surface area contributed by atoms with Gasteiger partial charge < -0.3 is 19.7 Å². The summed E-state index contributed by atoms with van der Waals surface area (Å²) in [5.74, 6) is 0.697. The third-order valence-corrected chi connectivity index (χ3v) is 4.36. The number of hydrogen-bond donors (Lipinski definition) is 3. The summed E-state index contributed by atoms with van der Waals surface area (Å²) in [6.45, 7) is 7.92. The maximum atomic E-state index is 9.33. The highest BCUT2D eigenvalue weighted by atomic mass is 16.5. The molecule has 0 spiro atoms. The van der Waals surface area contributed by atoms with Crippen molar-refractivity contribution in [1.82, 2.24) is 20.2 Å². The number of aliphatic hydroxyl groups is 2. The van der Waals surface area contributed by atoms with Crippen molar-refractivity contribution in [2.45, 2.75) is 46.0 Å². The van der Waals surface area contributed by atoms with E-state index in [1.165, 1.54) is 6.20 Å². The molecule has 1 aromatic carbocycles. The van der Waals surface area contributed by atoms with E-state index < -0.39 is 6.29 Å². The summed E-state index contributed by atoms with van der Waals surface area (Å²) in [6, 6.07) is 5.97. The SMILES string of the molecule is Cc1cc(OCc2n[nH]c3nc(OCC(O)O)ncc23)c(C(C)(C)C)cc1C#N. The van der Waals surface area contributed by atoms with Gasteiger partial charge in [0.25, 0.3) is 0 Å². The molecule has 2 heterocycles. The predicted octanol–water partition coefficient (Wildman–Crippen LogP) is 2.10. The zero-order valence-electron chi connectivity index (χ0n) is 16.7. The average Bonchev–Trinajstić information content (AvgIpc) is 3.06. The van der Waals surface area contributed by atoms with Crippen LogP contribution >= 0.6 is 0 Å². The number of rotatable bonds is 6. The van der Waals surface area contributed by atoms with E-state index in [1.807, 2.05) is 19.1 Å². The first-order valence-corrected chi connectivity index (χ1v) is 9.06. The zero-order valence-corrected chi connectivity index (χ0v) is 16.7. The first kappa shape index (κ1) is 20.5. The van der Waals surface area contributed by atoms with Crippen LogP contribution in [0.4, 0.5) is 0 Å². The molecule has 0 saturated heterocycles. The Bertz CT molecular complexity index is 1060. The first-order valence-electron chi connectivity index (χ1n) is 9.06. The van der Waals surface area contributed by atoms with E-state index in [1.54, 1.807) is 0 Å². The van der Waals surface area contributed by atoms with E-state index >= 15 is 0 Å². The molecule has 152 valence electrons. The van der Waals surface area contributed by atoms with Crippen LogP contribution in [0, 0.1) is 18.3 Å². The fourth-order valence-corrected chi connectivity index (χ4v) is 2.82. The Morgan fingerprint density at radius 1 is 1.24 bits per heavy atom. The number of H-pyrrole nitrogens is 1. The molecule has 0 fully saturated rings. The third-order valence-electron chi connectivity index (χ3n) is 4.36. The van der Waals surface area contributed by atoms with Gasteiger partial charge in [-0.1, -0.05) is 20.8 Å². The van der Waals surface area contributed by atoms with Gasteiger partial charge >= 0.3 is 6.01 Å². The van der Waals surface area contributed by atoms with E-state index in [2.05, 4.69) is 47.0 Å². The van der Waals surface area contributed by atoms with E-state index in [0.29, 0.717) is 28.0 Å². The number of benzene rings is 1. The van der Waals surface area contributed by atoms with Crippen LogP contribution in [-0.4, -0.2) is 43.3 Å². The molecule has 0 bridgehead atoms. The Hall–Kier alpha value is -3.22. The minimum Gasteiger partial charge on any atom is -0.487 e. The lowest BCUT2D eigenvalue weighted by molar-refractivity contribution is -0.0697. The van der Waals surface area contributed by atoms with Gasteiger partial charge in [0.05, 0.1) is 17.0 Å². The number of aliphatic hydroxyl groups excluding tert-OH is 1. The Morgan fingerprint density at radius 2 is 2.00 bits per heavy atom. The molecule has 0 aliphatic heterocycles. The van der Waals surface area contributed by atoms with Crippen LogP contribution in [0.1, 0.15) is 43.2 Å². The average molecular weight is 397 g/mol. The van der Waals surface area contributed by atoms with Gasteiger partial charge in [-0.05, 0) is 30.0 Å². The standard InChI is InChI=1S/C20H23N5O4/c1-11-5-16(14(20(2,3)4)6-12(11)7-21)28-9-15-13-8-22-19(29-10-17(26)27)23-18(13)25-24-15/h5-6,8,17,26-27H,9-10H2,1-4H3,(H,22,23,24,25). The molecule has 9 nitrogen and oxygen atoms in total. The Morgan fingerprint density at radius 3 is 2.66 bits per heavy atom. The van der Waals surface area contributed by atoms with E-state index in [4.69, 9.17) is 19.7 Å². The highest BCUT2D eigenvalue weighted by Crippen LogP contribution is 2.34. The highest BCUT2D eigenvalue weighted by molar-refractivity contribution is 5.76. The lowest BCUT2D eigenvalue weighted by atomic mass is 9.84. The molecule has 0 atom stereocenters. The van der Waals surface area contributed by atoms with Crippen LogP contribution in [-0.2, 0) is 12.0 Å². The van der Waals surface area contributed by atoms with E-state index in [-0.39, 0.29) is 24.6 Å². The van der Waals surface area contributed by atoms with Crippen molar-refractivity contribution in [1.29, 1.82) is 5.26 Å². The van der Waals surface area contributed by atoms with Gasteiger partial charge in [-0.3, -0.25) is 5.10 Å². The van der Waals surface area contributed by atoms with Crippen molar-refractivity contribution in [3.63, 3.8) is 0 Å². The topological polar surface area (TPSA) is 137 Å². The molecule has 29 heavy (non-hydrogen) atoms. The van der Waals surface area contributed by atoms with Gasteiger partial charge in [0.15, 0.2) is 11.9 Å². The summed E-state index contributed by atoms with van der Waals surface area (Å²) in [5, 5.41) is 34.8. The second-order valence-corrected chi connectivity index (χ2v) is 7.69. The van der Waals surface area contributed by atoms with E-state index in [9.17, 15) is 5.26 Å². The van der Waals surface area contributed by atoms with Gasteiger partial charge in [-0.15, -0.1) is 0 Å². The maximum absolute atomic E-state index is 9.33. The van der Waals surface area contributed by atoms with Crippen LogP contribution in [0.15, 0.2) is 18.3 Å².